The molecule has 0 fully saturated rings. The zero-order valence-electron chi connectivity index (χ0n) is 9.59. The molecule has 0 amide bonds. The van der Waals surface area contributed by atoms with Crippen LogP contribution in [-0.4, -0.2) is 38.5 Å². The maximum atomic E-state index is 11.6. The van der Waals surface area contributed by atoms with E-state index in [0.29, 0.717) is 10.6 Å². The third kappa shape index (κ3) is 3.93. The molecular formula is C10H15ClN2O3S. The average molecular weight is 279 g/mol. The van der Waals surface area contributed by atoms with Crippen molar-refractivity contribution in [1.29, 1.82) is 0 Å². The number of hydrogen-bond donors (Lipinski definition) is 2. The number of aliphatic hydroxyl groups excluding tert-OH is 1. The molecule has 1 aromatic carbocycles. The third-order valence-electron chi connectivity index (χ3n) is 2.23. The molecular weight excluding hydrogens is 264 g/mol. The highest BCUT2D eigenvalue weighted by Crippen LogP contribution is 2.17. The molecule has 17 heavy (non-hydrogen) atoms. The fraction of sp³-hybridized carbons (Fsp3) is 0.400. The summed E-state index contributed by atoms with van der Waals surface area (Å²) in [6.07, 6.45) is 0. The van der Waals surface area contributed by atoms with Gasteiger partial charge in [-0.25, -0.2) is 0 Å². The molecule has 1 unspecified atom stereocenters. The molecule has 0 heterocycles. The Balaban J connectivity index is 2.90. The fourth-order valence-corrected chi connectivity index (χ4v) is 2.10. The number of hydrogen-bond acceptors (Lipinski definition) is 3. The first kappa shape index (κ1) is 14.4. The second kappa shape index (κ2) is 5.79. The Kier molecular flexibility index (Phi) is 4.91. The molecule has 1 atom stereocenters. The molecule has 0 aromatic heterocycles. The van der Waals surface area contributed by atoms with Crippen LogP contribution in [0.5, 0.6) is 0 Å². The summed E-state index contributed by atoms with van der Waals surface area (Å²) in [5, 5.41) is 9.77. The Morgan fingerprint density at radius 2 is 1.88 bits per heavy atom. The van der Waals surface area contributed by atoms with E-state index in [0.717, 1.165) is 4.31 Å². The molecule has 1 aromatic rings. The number of aliphatic hydroxyl groups is 1. The first-order valence-electron chi connectivity index (χ1n) is 4.93. The Hall–Kier alpha value is -0.660. The maximum absolute atomic E-state index is 11.6. The van der Waals surface area contributed by atoms with E-state index in [-0.39, 0.29) is 6.61 Å². The van der Waals surface area contributed by atoms with Gasteiger partial charge >= 0.3 is 0 Å². The van der Waals surface area contributed by atoms with Crippen LogP contribution in [0.2, 0.25) is 5.02 Å². The molecule has 0 aliphatic rings. The molecule has 1 rings (SSSR count). The van der Waals surface area contributed by atoms with E-state index in [1.165, 1.54) is 14.1 Å². The second-order valence-electron chi connectivity index (χ2n) is 3.69. The second-order valence-corrected chi connectivity index (χ2v) is 6.04. The van der Waals surface area contributed by atoms with E-state index in [1.54, 1.807) is 24.3 Å². The van der Waals surface area contributed by atoms with Crippen molar-refractivity contribution in [1.82, 2.24) is 9.03 Å². The van der Waals surface area contributed by atoms with Gasteiger partial charge < -0.3 is 5.11 Å². The lowest BCUT2D eigenvalue weighted by molar-refractivity contribution is 0.257. The lowest BCUT2D eigenvalue weighted by Gasteiger charge is -2.19. The summed E-state index contributed by atoms with van der Waals surface area (Å²) in [6, 6.07) is 5.94. The van der Waals surface area contributed by atoms with Gasteiger partial charge in [0.1, 0.15) is 0 Å². The van der Waals surface area contributed by atoms with Gasteiger partial charge in [0.25, 0.3) is 10.2 Å². The fourth-order valence-electron chi connectivity index (χ4n) is 1.19. The summed E-state index contributed by atoms with van der Waals surface area (Å²) in [4.78, 5) is 0. The van der Waals surface area contributed by atoms with Crippen LogP contribution >= 0.6 is 11.6 Å². The van der Waals surface area contributed by atoms with Crippen LogP contribution in [0.1, 0.15) is 11.6 Å². The van der Waals surface area contributed by atoms with Crippen molar-refractivity contribution in [2.75, 3.05) is 20.7 Å². The Morgan fingerprint density at radius 3 is 2.29 bits per heavy atom. The molecule has 0 bridgehead atoms. The van der Waals surface area contributed by atoms with E-state index in [9.17, 15) is 13.5 Å². The minimum absolute atomic E-state index is 0.325. The minimum atomic E-state index is -3.58. The van der Waals surface area contributed by atoms with E-state index < -0.39 is 16.3 Å². The van der Waals surface area contributed by atoms with Gasteiger partial charge in [-0.15, -0.1) is 0 Å². The number of benzene rings is 1. The van der Waals surface area contributed by atoms with E-state index in [2.05, 4.69) is 4.72 Å². The molecule has 0 aliphatic heterocycles. The molecule has 0 aliphatic carbocycles. The van der Waals surface area contributed by atoms with Gasteiger partial charge in [0, 0.05) is 19.1 Å². The van der Waals surface area contributed by atoms with Crippen molar-refractivity contribution < 1.29 is 13.5 Å². The van der Waals surface area contributed by atoms with Crippen LogP contribution < -0.4 is 4.72 Å². The quantitative estimate of drug-likeness (QED) is 0.836. The molecule has 7 heteroatoms. The molecule has 0 radical (unpaired) electrons. The average Bonchev–Trinajstić information content (AvgIpc) is 2.27. The van der Waals surface area contributed by atoms with E-state index in [4.69, 9.17) is 11.6 Å². The highest BCUT2D eigenvalue weighted by atomic mass is 35.5. The topological polar surface area (TPSA) is 69.6 Å². The molecule has 96 valence electrons. The van der Waals surface area contributed by atoms with Crippen molar-refractivity contribution >= 4 is 21.8 Å². The molecule has 5 nitrogen and oxygen atoms in total. The lowest BCUT2D eigenvalue weighted by Crippen LogP contribution is -2.39. The van der Waals surface area contributed by atoms with Crippen LogP contribution in [0.4, 0.5) is 0 Å². The van der Waals surface area contributed by atoms with Gasteiger partial charge in [0.15, 0.2) is 0 Å². The Labute approximate surface area is 106 Å². The number of nitrogens with one attached hydrogen (secondary N) is 1. The molecule has 0 saturated heterocycles. The highest BCUT2D eigenvalue weighted by molar-refractivity contribution is 7.87. The molecule has 0 spiro atoms. The van der Waals surface area contributed by atoms with Crippen molar-refractivity contribution in [3.05, 3.63) is 34.9 Å². The maximum Gasteiger partial charge on any atom is 0.279 e. The smallest absolute Gasteiger partial charge is 0.279 e. The zero-order chi connectivity index (χ0) is 13.1. The molecule has 0 saturated carbocycles. The monoisotopic (exact) mass is 278 g/mol. The molecule has 2 N–H and O–H groups in total. The van der Waals surface area contributed by atoms with Gasteiger partial charge in [-0.3, -0.25) is 0 Å². The first-order chi connectivity index (χ1) is 7.86. The van der Waals surface area contributed by atoms with Crippen LogP contribution in [0.15, 0.2) is 24.3 Å². The summed E-state index contributed by atoms with van der Waals surface area (Å²) < 4.78 is 26.7. The van der Waals surface area contributed by atoms with Crippen molar-refractivity contribution in [3.8, 4) is 0 Å². The lowest BCUT2D eigenvalue weighted by atomic mass is 10.1. The van der Waals surface area contributed by atoms with Crippen LogP contribution in [-0.2, 0) is 10.2 Å². The Morgan fingerprint density at radius 1 is 1.35 bits per heavy atom. The summed E-state index contributed by atoms with van der Waals surface area (Å²) in [7, 11) is -0.747. The van der Waals surface area contributed by atoms with Gasteiger partial charge in [0.05, 0.1) is 12.6 Å². The van der Waals surface area contributed by atoms with Crippen molar-refractivity contribution in [3.63, 3.8) is 0 Å². The summed E-state index contributed by atoms with van der Waals surface area (Å²) >= 11 is 5.73. The predicted molar refractivity (Wildman–Crippen MR) is 67.0 cm³/mol. The minimum Gasteiger partial charge on any atom is -0.394 e. The standard InChI is InChI=1S/C10H15ClN2O3S/c1-13(2)17(15,16)12-10(7-14)8-3-5-9(11)6-4-8/h3-6,10,12,14H,7H2,1-2H3. The van der Waals surface area contributed by atoms with Gasteiger partial charge in [-0.05, 0) is 17.7 Å². The first-order valence-corrected chi connectivity index (χ1v) is 6.74. The van der Waals surface area contributed by atoms with Gasteiger partial charge in [-0.2, -0.15) is 17.4 Å². The predicted octanol–water partition coefficient (Wildman–Crippen LogP) is 0.769. The van der Waals surface area contributed by atoms with Gasteiger partial charge in [0.2, 0.25) is 0 Å². The van der Waals surface area contributed by atoms with E-state index in [1.807, 2.05) is 0 Å². The largest absolute Gasteiger partial charge is 0.394 e. The van der Waals surface area contributed by atoms with Crippen molar-refractivity contribution in [2.45, 2.75) is 6.04 Å². The zero-order valence-corrected chi connectivity index (χ0v) is 11.2. The van der Waals surface area contributed by atoms with Gasteiger partial charge in [-0.1, -0.05) is 23.7 Å². The Bertz CT molecular complexity index is 459. The van der Waals surface area contributed by atoms with Crippen LogP contribution in [0, 0.1) is 0 Å². The SMILES string of the molecule is CN(C)S(=O)(=O)NC(CO)c1ccc(Cl)cc1. The number of rotatable bonds is 5. The summed E-state index contributed by atoms with van der Waals surface area (Å²) in [5.41, 5.74) is 0.655. The normalized spacial score (nSPS) is 13.9. The highest BCUT2D eigenvalue weighted by Gasteiger charge is 2.20. The van der Waals surface area contributed by atoms with Crippen LogP contribution in [0.3, 0.4) is 0 Å². The summed E-state index contributed by atoms with van der Waals surface area (Å²) in [5.74, 6) is 0. The number of nitrogens with zero attached hydrogens (tertiary/aromatic N) is 1. The summed E-state index contributed by atoms with van der Waals surface area (Å²) in [6.45, 7) is -0.325. The van der Waals surface area contributed by atoms with Crippen LogP contribution in [0.25, 0.3) is 0 Å². The number of halogens is 1. The van der Waals surface area contributed by atoms with E-state index >= 15 is 0 Å². The third-order valence-corrected chi connectivity index (χ3v) is 4.02. The van der Waals surface area contributed by atoms with Crippen molar-refractivity contribution in [2.24, 2.45) is 0 Å².